The van der Waals surface area contributed by atoms with E-state index in [1.807, 2.05) is 63.5 Å². The summed E-state index contributed by atoms with van der Waals surface area (Å²) in [4.78, 5) is 16.4. The Hall–Kier alpha value is -3.01. The van der Waals surface area contributed by atoms with Gasteiger partial charge in [-0.05, 0) is 55.3 Å². The van der Waals surface area contributed by atoms with Gasteiger partial charge in [0.15, 0.2) is 5.78 Å². The van der Waals surface area contributed by atoms with Crippen LogP contribution in [0.2, 0.25) is 0 Å². The predicted molar refractivity (Wildman–Crippen MR) is 95.7 cm³/mol. The topological polar surface area (TPSA) is 47.8 Å². The fraction of sp³-hybridized carbons (Fsp3) is 0.150. The maximum atomic E-state index is 12.4. The molecule has 1 aromatic carbocycles. The Morgan fingerprint density at radius 2 is 1.83 bits per heavy atom. The molecule has 24 heavy (non-hydrogen) atoms. The molecule has 4 nitrogen and oxygen atoms in total. The number of allylic oxidation sites excluding steroid dienone is 1. The van der Waals surface area contributed by atoms with Crippen molar-refractivity contribution in [3.63, 3.8) is 0 Å². The minimum absolute atomic E-state index is 0.0115. The first kappa shape index (κ1) is 15.9. The zero-order valence-corrected chi connectivity index (χ0v) is 14.0. The molecule has 4 heteroatoms. The second-order valence-corrected chi connectivity index (χ2v) is 5.84. The van der Waals surface area contributed by atoms with Crippen LogP contribution in [0, 0.1) is 13.8 Å². The molecule has 120 valence electrons. The molecule has 3 rings (SSSR count). The van der Waals surface area contributed by atoms with Gasteiger partial charge in [0.05, 0.1) is 5.69 Å². The zero-order valence-electron chi connectivity index (χ0n) is 14.0. The van der Waals surface area contributed by atoms with Gasteiger partial charge in [-0.3, -0.25) is 14.5 Å². The number of pyridine rings is 1. The fourth-order valence-corrected chi connectivity index (χ4v) is 2.52. The van der Waals surface area contributed by atoms with Crippen LogP contribution in [0.3, 0.4) is 0 Å². The molecule has 0 radical (unpaired) electrons. The highest BCUT2D eigenvalue weighted by Gasteiger charge is 2.09. The lowest BCUT2D eigenvalue weighted by Gasteiger charge is -2.02. The zero-order chi connectivity index (χ0) is 17.1. The molecule has 0 N–H and O–H groups in total. The monoisotopic (exact) mass is 317 g/mol. The van der Waals surface area contributed by atoms with E-state index in [1.165, 1.54) is 5.56 Å². The van der Waals surface area contributed by atoms with E-state index in [2.05, 4.69) is 10.1 Å². The van der Waals surface area contributed by atoms with Crippen LogP contribution >= 0.6 is 0 Å². The largest absolute Gasteiger partial charge is 0.289 e. The number of carbonyl (C=O) groups excluding carboxylic acids is 1. The van der Waals surface area contributed by atoms with Gasteiger partial charge in [-0.15, -0.1) is 0 Å². The quantitative estimate of drug-likeness (QED) is 0.540. The van der Waals surface area contributed by atoms with Gasteiger partial charge >= 0.3 is 0 Å². The number of ketones is 1. The van der Waals surface area contributed by atoms with Crippen molar-refractivity contribution < 1.29 is 4.79 Å². The molecule has 0 amide bonds. The summed E-state index contributed by atoms with van der Waals surface area (Å²) in [5.74, 6) is -0.0115. The van der Waals surface area contributed by atoms with E-state index in [4.69, 9.17) is 0 Å². The summed E-state index contributed by atoms with van der Waals surface area (Å²) >= 11 is 0. The molecule has 0 spiro atoms. The Morgan fingerprint density at radius 1 is 1.08 bits per heavy atom. The number of aryl methyl sites for hydroxylation is 3. The van der Waals surface area contributed by atoms with Crippen molar-refractivity contribution in [2.45, 2.75) is 13.8 Å². The standard InChI is InChI=1S/C20H19N3O/c1-14-4-5-17(12-15(14)2)19(24)7-6-18-13-23(3)22-20(18)16-8-10-21-11-9-16/h4-13H,1-3H3/b7-6+. The first-order chi connectivity index (χ1) is 11.5. The second kappa shape index (κ2) is 6.62. The SMILES string of the molecule is Cc1ccc(C(=O)/C=C/c2cn(C)nc2-c2ccncc2)cc1C. The Balaban J connectivity index is 1.89. The van der Waals surface area contributed by atoms with Gasteiger partial charge in [-0.25, -0.2) is 0 Å². The van der Waals surface area contributed by atoms with Crippen LogP contribution in [-0.4, -0.2) is 20.5 Å². The first-order valence-electron chi connectivity index (χ1n) is 7.78. The maximum absolute atomic E-state index is 12.4. The molecule has 0 aliphatic rings. The summed E-state index contributed by atoms with van der Waals surface area (Å²) in [7, 11) is 1.87. The van der Waals surface area contributed by atoms with Crippen LogP contribution in [-0.2, 0) is 7.05 Å². The number of hydrogen-bond donors (Lipinski definition) is 0. The molecule has 0 fully saturated rings. The van der Waals surface area contributed by atoms with Crippen LogP contribution in [0.4, 0.5) is 0 Å². The molecule has 0 bridgehead atoms. The molecule has 0 unspecified atom stereocenters. The van der Waals surface area contributed by atoms with Crippen molar-refractivity contribution >= 4 is 11.9 Å². The summed E-state index contributed by atoms with van der Waals surface area (Å²) in [5.41, 5.74) is 5.72. The minimum atomic E-state index is -0.0115. The van der Waals surface area contributed by atoms with Crippen molar-refractivity contribution in [3.05, 3.63) is 77.3 Å². The third kappa shape index (κ3) is 3.33. The van der Waals surface area contributed by atoms with E-state index in [1.54, 1.807) is 23.2 Å². The Bertz CT molecular complexity index is 908. The highest BCUT2D eigenvalue weighted by molar-refractivity contribution is 6.07. The molecule has 0 aliphatic carbocycles. The van der Waals surface area contributed by atoms with Gasteiger partial charge in [0.25, 0.3) is 0 Å². The number of rotatable bonds is 4. The van der Waals surface area contributed by atoms with E-state index in [-0.39, 0.29) is 5.78 Å². The van der Waals surface area contributed by atoms with Crippen molar-refractivity contribution in [3.8, 4) is 11.3 Å². The van der Waals surface area contributed by atoms with E-state index in [9.17, 15) is 4.79 Å². The second-order valence-electron chi connectivity index (χ2n) is 5.84. The predicted octanol–water partition coefficient (Wildman–Crippen LogP) is 4.00. The highest BCUT2D eigenvalue weighted by Crippen LogP contribution is 2.22. The smallest absolute Gasteiger partial charge is 0.185 e. The van der Waals surface area contributed by atoms with Crippen molar-refractivity contribution in [1.82, 2.24) is 14.8 Å². The van der Waals surface area contributed by atoms with Gasteiger partial charge < -0.3 is 0 Å². The summed E-state index contributed by atoms with van der Waals surface area (Å²) in [6, 6.07) is 9.58. The average molecular weight is 317 g/mol. The van der Waals surface area contributed by atoms with Crippen molar-refractivity contribution in [1.29, 1.82) is 0 Å². The fourth-order valence-electron chi connectivity index (χ4n) is 2.52. The summed E-state index contributed by atoms with van der Waals surface area (Å²) in [6.45, 7) is 4.05. The van der Waals surface area contributed by atoms with Crippen LogP contribution in [0.5, 0.6) is 0 Å². The lowest BCUT2D eigenvalue weighted by atomic mass is 10.0. The van der Waals surface area contributed by atoms with Crippen LogP contribution in [0.1, 0.15) is 27.0 Å². The number of carbonyl (C=O) groups is 1. The average Bonchev–Trinajstić information content (AvgIpc) is 2.97. The molecule has 0 saturated carbocycles. The number of benzene rings is 1. The molecular weight excluding hydrogens is 298 g/mol. The van der Waals surface area contributed by atoms with Crippen molar-refractivity contribution in [2.24, 2.45) is 7.05 Å². The highest BCUT2D eigenvalue weighted by atomic mass is 16.1. The van der Waals surface area contributed by atoms with Crippen molar-refractivity contribution in [2.75, 3.05) is 0 Å². The molecule has 2 aromatic heterocycles. The van der Waals surface area contributed by atoms with Gasteiger partial charge in [0.1, 0.15) is 0 Å². The lowest BCUT2D eigenvalue weighted by Crippen LogP contribution is -1.95. The maximum Gasteiger partial charge on any atom is 0.185 e. The number of aromatic nitrogens is 3. The molecule has 0 aliphatic heterocycles. The summed E-state index contributed by atoms with van der Waals surface area (Å²) < 4.78 is 1.75. The van der Waals surface area contributed by atoms with Gasteiger partial charge in [0.2, 0.25) is 0 Å². The minimum Gasteiger partial charge on any atom is -0.289 e. The first-order valence-corrected chi connectivity index (χ1v) is 7.78. The van der Waals surface area contributed by atoms with E-state index < -0.39 is 0 Å². The molecule has 0 saturated heterocycles. The number of nitrogens with zero attached hydrogens (tertiary/aromatic N) is 3. The molecule has 0 atom stereocenters. The third-order valence-corrected chi connectivity index (χ3v) is 4.02. The normalized spacial score (nSPS) is 11.1. The molecule has 2 heterocycles. The molecule has 3 aromatic rings. The Morgan fingerprint density at radius 3 is 2.54 bits per heavy atom. The molecular formula is C20H19N3O. The third-order valence-electron chi connectivity index (χ3n) is 4.02. The lowest BCUT2D eigenvalue weighted by molar-refractivity contribution is 0.104. The van der Waals surface area contributed by atoms with Crippen LogP contribution in [0.25, 0.3) is 17.3 Å². The Kier molecular flexibility index (Phi) is 4.38. The van der Waals surface area contributed by atoms with E-state index in [0.29, 0.717) is 5.56 Å². The Labute approximate surface area is 141 Å². The summed E-state index contributed by atoms with van der Waals surface area (Å²) in [5, 5.41) is 4.48. The van der Waals surface area contributed by atoms with Crippen LogP contribution < -0.4 is 0 Å². The van der Waals surface area contributed by atoms with Crippen LogP contribution in [0.15, 0.2) is 55.0 Å². The van der Waals surface area contributed by atoms with Gasteiger partial charge in [-0.1, -0.05) is 12.1 Å². The number of hydrogen-bond acceptors (Lipinski definition) is 3. The van der Waals surface area contributed by atoms with Gasteiger partial charge in [0, 0.05) is 42.3 Å². The van der Waals surface area contributed by atoms with E-state index in [0.717, 1.165) is 22.4 Å². The summed E-state index contributed by atoms with van der Waals surface area (Å²) in [6.07, 6.45) is 8.79. The van der Waals surface area contributed by atoms with Gasteiger partial charge in [-0.2, -0.15) is 5.10 Å². The van der Waals surface area contributed by atoms with E-state index >= 15 is 0 Å².